The second-order valence-corrected chi connectivity index (χ2v) is 8.76. The topological polar surface area (TPSA) is 101 Å². The molecule has 8 heteroatoms. The molecule has 3 rings (SSSR count). The van der Waals surface area contributed by atoms with Crippen LogP contribution in [-0.4, -0.2) is 36.3 Å². The largest absolute Gasteiger partial charge is 0.463 e. The summed E-state index contributed by atoms with van der Waals surface area (Å²) in [7, 11) is -4.16. The molecule has 1 unspecified atom stereocenters. The first-order valence-corrected chi connectivity index (χ1v) is 10.9. The number of esters is 1. The highest BCUT2D eigenvalue weighted by molar-refractivity contribution is 7.89. The Balaban J connectivity index is 2.12. The molecule has 2 aromatic rings. The molecule has 0 aliphatic carbocycles. The highest BCUT2D eigenvalue weighted by Crippen LogP contribution is 2.35. The van der Waals surface area contributed by atoms with Crippen LogP contribution < -0.4 is 0 Å². The molecule has 158 valence electrons. The van der Waals surface area contributed by atoms with Crippen LogP contribution in [0.25, 0.3) is 0 Å². The number of ether oxygens (including phenoxy) is 1. The second-order valence-electron chi connectivity index (χ2n) is 6.94. The first kappa shape index (κ1) is 21.7. The van der Waals surface area contributed by atoms with Crippen molar-refractivity contribution in [2.24, 2.45) is 0 Å². The molecule has 0 bridgehead atoms. The molecule has 0 fully saturated rings. The normalized spacial score (nSPS) is 16.9. The van der Waals surface area contributed by atoms with Crippen LogP contribution in [0.1, 0.15) is 36.1 Å². The van der Waals surface area contributed by atoms with E-state index < -0.39 is 27.9 Å². The van der Waals surface area contributed by atoms with Crippen LogP contribution in [0.15, 0.2) is 65.1 Å². The molecular formula is C22H23NO6S. The summed E-state index contributed by atoms with van der Waals surface area (Å²) in [5.74, 6) is -1.35. The molecule has 0 aromatic heterocycles. The predicted octanol–water partition coefficient (Wildman–Crippen LogP) is 2.64. The van der Waals surface area contributed by atoms with Gasteiger partial charge in [-0.25, -0.2) is 17.5 Å². The fourth-order valence-corrected chi connectivity index (χ4v) is 4.76. The smallest absolute Gasteiger partial charge is 0.334 e. The van der Waals surface area contributed by atoms with E-state index in [1.807, 2.05) is 6.92 Å². The zero-order valence-corrected chi connectivity index (χ0v) is 17.6. The summed E-state index contributed by atoms with van der Waals surface area (Å²) in [6.45, 7) is 3.47. The lowest BCUT2D eigenvalue weighted by Crippen LogP contribution is -2.42. The standard InChI is InChI=1S/C22H23NO6S/c1-3-29-22(26)18-12-20(17-8-6-16(14-24)7-9-17)23(21(25)13-18)30(27,28)19-10-4-15(2)5-11-19/h4-12,20,24H,3,13-14H2,1-2H3. The fraction of sp³-hybridized carbons (Fsp3) is 0.273. The van der Waals surface area contributed by atoms with Gasteiger partial charge in [0.05, 0.1) is 30.6 Å². The van der Waals surface area contributed by atoms with Crippen molar-refractivity contribution in [3.8, 4) is 0 Å². The number of nitrogens with zero attached hydrogens (tertiary/aromatic N) is 1. The molecule has 0 spiro atoms. The lowest BCUT2D eigenvalue weighted by atomic mass is 9.97. The van der Waals surface area contributed by atoms with E-state index in [0.29, 0.717) is 11.1 Å². The van der Waals surface area contributed by atoms with Crippen molar-refractivity contribution in [3.63, 3.8) is 0 Å². The zero-order valence-electron chi connectivity index (χ0n) is 16.7. The number of aryl methyl sites for hydroxylation is 1. The molecule has 1 heterocycles. The van der Waals surface area contributed by atoms with Gasteiger partial charge in [0.2, 0.25) is 5.91 Å². The minimum absolute atomic E-state index is 0.00795. The van der Waals surface area contributed by atoms with E-state index in [1.165, 1.54) is 18.2 Å². The number of aliphatic hydroxyl groups excluding tert-OH is 1. The average molecular weight is 429 g/mol. The lowest BCUT2D eigenvalue weighted by Gasteiger charge is -2.33. The van der Waals surface area contributed by atoms with Crippen molar-refractivity contribution in [1.29, 1.82) is 0 Å². The van der Waals surface area contributed by atoms with Crippen molar-refractivity contribution >= 4 is 21.9 Å². The zero-order chi connectivity index (χ0) is 21.9. The van der Waals surface area contributed by atoms with Gasteiger partial charge in [-0.1, -0.05) is 42.0 Å². The molecule has 1 amide bonds. The maximum atomic E-state index is 13.3. The van der Waals surface area contributed by atoms with E-state index in [9.17, 15) is 23.1 Å². The number of rotatable bonds is 6. The monoisotopic (exact) mass is 429 g/mol. The molecule has 1 aliphatic rings. The van der Waals surface area contributed by atoms with Gasteiger partial charge < -0.3 is 9.84 Å². The first-order chi connectivity index (χ1) is 14.3. The highest BCUT2D eigenvalue weighted by atomic mass is 32.2. The Morgan fingerprint density at radius 3 is 2.33 bits per heavy atom. The Bertz CT molecular complexity index is 1070. The fourth-order valence-electron chi connectivity index (χ4n) is 3.24. The van der Waals surface area contributed by atoms with Gasteiger partial charge in [0.25, 0.3) is 10.0 Å². The van der Waals surface area contributed by atoms with Gasteiger partial charge in [-0.3, -0.25) is 4.79 Å². The minimum atomic E-state index is -4.16. The molecule has 30 heavy (non-hydrogen) atoms. The Labute approximate surface area is 175 Å². The summed E-state index contributed by atoms with van der Waals surface area (Å²) in [4.78, 5) is 25.2. The van der Waals surface area contributed by atoms with E-state index in [-0.39, 0.29) is 30.1 Å². The van der Waals surface area contributed by atoms with Crippen LogP contribution in [0.4, 0.5) is 0 Å². The van der Waals surface area contributed by atoms with E-state index in [4.69, 9.17) is 4.74 Å². The van der Waals surface area contributed by atoms with Crippen LogP contribution in [0.5, 0.6) is 0 Å². The first-order valence-electron chi connectivity index (χ1n) is 9.49. The third-order valence-corrected chi connectivity index (χ3v) is 6.63. The van der Waals surface area contributed by atoms with Gasteiger partial charge >= 0.3 is 5.97 Å². The third kappa shape index (κ3) is 4.29. The molecular weight excluding hydrogens is 406 g/mol. The van der Waals surface area contributed by atoms with Crippen LogP contribution in [-0.2, 0) is 31.0 Å². The summed E-state index contributed by atoms with van der Waals surface area (Å²) < 4.78 is 32.5. The van der Waals surface area contributed by atoms with Gasteiger partial charge in [0.1, 0.15) is 0 Å². The molecule has 1 atom stereocenters. The van der Waals surface area contributed by atoms with Gasteiger partial charge in [-0.2, -0.15) is 0 Å². The van der Waals surface area contributed by atoms with Crippen LogP contribution in [0.2, 0.25) is 0 Å². The molecule has 0 radical (unpaired) electrons. The van der Waals surface area contributed by atoms with E-state index >= 15 is 0 Å². The van der Waals surface area contributed by atoms with E-state index in [2.05, 4.69) is 0 Å². The molecule has 0 saturated carbocycles. The number of hydrogen-bond donors (Lipinski definition) is 1. The molecule has 0 saturated heterocycles. The van der Waals surface area contributed by atoms with Crippen molar-refractivity contribution in [1.82, 2.24) is 4.31 Å². The number of hydrogen-bond acceptors (Lipinski definition) is 6. The number of carbonyl (C=O) groups excluding carboxylic acids is 2. The molecule has 2 aromatic carbocycles. The summed E-state index contributed by atoms with van der Waals surface area (Å²) in [5.41, 5.74) is 2.15. The minimum Gasteiger partial charge on any atom is -0.463 e. The summed E-state index contributed by atoms with van der Waals surface area (Å²) in [5, 5.41) is 9.27. The predicted molar refractivity (Wildman–Crippen MR) is 110 cm³/mol. The van der Waals surface area contributed by atoms with E-state index in [1.54, 1.807) is 43.3 Å². The molecule has 7 nitrogen and oxygen atoms in total. The summed E-state index contributed by atoms with van der Waals surface area (Å²) >= 11 is 0. The van der Waals surface area contributed by atoms with Gasteiger partial charge in [-0.05, 0) is 43.2 Å². The SMILES string of the molecule is CCOC(=O)C1=CC(c2ccc(CO)cc2)N(S(=O)(=O)c2ccc(C)cc2)C(=O)C1. The van der Waals surface area contributed by atoms with Crippen LogP contribution >= 0.6 is 0 Å². The molecule has 1 N–H and O–H groups in total. The highest BCUT2D eigenvalue weighted by Gasteiger charge is 2.40. The van der Waals surface area contributed by atoms with Crippen LogP contribution in [0.3, 0.4) is 0 Å². The second kappa shape index (κ2) is 8.81. The Morgan fingerprint density at radius 1 is 1.13 bits per heavy atom. The van der Waals surface area contributed by atoms with Crippen molar-refractivity contribution in [3.05, 3.63) is 76.9 Å². The van der Waals surface area contributed by atoms with Crippen LogP contribution in [0, 0.1) is 6.92 Å². The number of sulfonamides is 1. The lowest BCUT2D eigenvalue weighted by molar-refractivity contribution is -0.140. The number of benzene rings is 2. The van der Waals surface area contributed by atoms with Gasteiger partial charge in [0.15, 0.2) is 0 Å². The van der Waals surface area contributed by atoms with Crippen molar-refractivity contribution < 1.29 is 27.9 Å². The van der Waals surface area contributed by atoms with Crippen molar-refractivity contribution in [2.75, 3.05) is 6.61 Å². The average Bonchev–Trinajstić information content (AvgIpc) is 2.73. The Hall–Kier alpha value is -2.97. The summed E-state index contributed by atoms with van der Waals surface area (Å²) in [6, 6.07) is 11.8. The maximum Gasteiger partial charge on any atom is 0.334 e. The Kier molecular flexibility index (Phi) is 6.38. The third-order valence-electron chi connectivity index (χ3n) is 4.82. The van der Waals surface area contributed by atoms with Gasteiger partial charge in [0, 0.05) is 5.57 Å². The number of carbonyl (C=O) groups is 2. The maximum absolute atomic E-state index is 13.3. The molecule has 1 aliphatic heterocycles. The summed E-state index contributed by atoms with van der Waals surface area (Å²) in [6.07, 6.45) is 1.09. The number of aliphatic hydroxyl groups is 1. The van der Waals surface area contributed by atoms with Crippen molar-refractivity contribution in [2.45, 2.75) is 37.8 Å². The van der Waals surface area contributed by atoms with E-state index in [0.717, 1.165) is 9.87 Å². The number of amides is 1. The Morgan fingerprint density at radius 2 is 1.77 bits per heavy atom. The quantitative estimate of drug-likeness (QED) is 0.709. The van der Waals surface area contributed by atoms with Gasteiger partial charge in [-0.15, -0.1) is 0 Å².